The van der Waals surface area contributed by atoms with Crippen LogP contribution in [0.25, 0.3) is 10.8 Å². The predicted octanol–water partition coefficient (Wildman–Crippen LogP) is 3.05. The molecule has 3 aromatic rings. The number of rotatable bonds is 4. The van der Waals surface area contributed by atoms with Crippen LogP contribution in [0.15, 0.2) is 65.6 Å². The van der Waals surface area contributed by atoms with Crippen molar-refractivity contribution in [1.29, 1.82) is 0 Å². The lowest BCUT2D eigenvalue weighted by Gasteiger charge is -2.35. The molecule has 0 aliphatic carbocycles. The number of hydrogen-bond donors (Lipinski definition) is 1. The van der Waals surface area contributed by atoms with Crippen LogP contribution in [0.3, 0.4) is 0 Å². The minimum atomic E-state index is -3.66. The topological polar surface area (TPSA) is 73.0 Å². The van der Waals surface area contributed by atoms with Gasteiger partial charge in [-0.3, -0.25) is 4.79 Å². The first-order chi connectivity index (χ1) is 16.4. The second-order valence-electron chi connectivity index (χ2n) is 8.60. The molecule has 0 atom stereocenters. The van der Waals surface area contributed by atoms with Gasteiger partial charge in [-0.05, 0) is 47.2 Å². The van der Waals surface area contributed by atoms with Gasteiger partial charge in [0, 0.05) is 63.1 Å². The summed E-state index contributed by atoms with van der Waals surface area (Å²) in [6.07, 6.45) is 0. The smallest absolute Gasteiger partial charge is 0.256 e. The average molecular weight is 499 g/mol. The standard InChI is InChI=1S/C25H27ClN4O3S/c26-21-7-5-20-18-22(8-6-19(20)17-21)34(32,33)30-15-13-29(14-16-30)25(31)23-3-1-2-4-24(23)28-11-9-27-10-12-28/h1-8,17-18,27H,9-16H2. The van der Waals surface area contributed by atoms with Gasteiger partial charge in [0.15, 0.2) is 0 Å². The second kappa shape index (κ2) is 9.54. The minimum Gasteiger partial charge on any atom is -0.368 e. The maximum Gasteiger partial charge on any atom is 0.256 e. The summed E-state index contributed by atoms with van der Waals surface area (Å²) in [5.41, 5.74) is 1.62. The number of benzene rings is 3. The molecular weight excluding hydrogens is 472 g/mol. The van der Waals surface area contributed by atoms with E-state index in [1.54, 1.807) is 29.2 Å². The second-order valence-corrected chi connectivity index (χ2v) is 11.0. The third kappa shape index (κ3) is 4.51. The zero-order valence-corrected chi connectivity index (χ0v) is 20.4. The van der Waals surface area contributed by atoms with E-state index in [-0.39, 0.29) is 23.9 Å². The number of anilines is 1. The quantitative estimate of drug-likeness (QED) is 0.598. The normalized spacial score (nSPS) is 17.8. The first-order valence-electron chi connectivity index (χ1n) is 11.5. The SMILES string of the molecule is O=C(c1ccccc1N1CCNCC1)N1CCN(S(=O)(=O)c2ccc3cc(Cl)ccc3c2)CC1. The molecule has 0 radical (unpaired) electrons. The molecule has 5 rings (SSSR count). The van der Waals surface area contributed by atoms with Crippen LogP contribution in [-0.4, -0.2) is 75.9 Å². The van der Waals surface area contributed by atoms with E-state index >= 15 is 0 Å². The number of amides is 1. The van der Waals surface area contributed by atoms with Crippen molar-refractivity contribution in [3.05, 3.63) is 71.2 Å². The van der Waals surface area contributed by atoms with Gasteiger partial charge in [-0.25, -0.2) is 8.42 Å². The highest BCUT2D eigenvalue weighted by Gasteiger charge is 2.31. The van der Waals surface area contributed by atoms with Crippen molar-refractivity contribution in [3.8, 4) is 0 Å². The molecule has 3 aromatic carbocycles. The number of halogens is 1. The zero-order chi connectivity index (χ0) is 23.7. The Kier molecular flexibility index (Phi) is 6.48. The first kappa shape index (κ1) is 23.1. The number of carbonyl (C=O) groups is 1. The van der Waals surface area contributed by atoms with Crippen molar-refractivity contribution < 1.29 is 13.2 Å². The molecule has 34 heavy (non-hydrogen) atoms. The molecule has 0 bridgehead atoms. The Balaban J connectivity index is 1.30. The summed E-state index contributed by atoms with van der Waals surface area (Å²) < 4.78 is 28.0. The summed E-state index contributed by atoms with van der Waals surface area (Å²) in [5, 5.41) is 5.67. The van der Waals surface area contributed by atoms with Crippen LogP contribution >= 0.6 is 11.6 Å². The van der Waals surface area contributed by atoms with Crippen molar-refractivity contribution >= 4 is 44.0 Å². The van der Waals surface area contributed by atoms with Crippen LogP contribution in [0.1, 0.15) is 10.4 Å². The Labute approximate surface area is 204 Å². The first-order valence-corrected chi connectivity index (χ1v) is 13.3. The highest BCUT2D eigenvalue weighted by atomic mass is 35.5. The van der Waals surface area contributed by atoms with Gasteiger partial charge in [0.25, 0.3) is 5.91 Å². The van der Waals surface area contributed by atoms with E-state index < -0.39 is 10.0 Å². The minimum absolute atomic E-state index is 0.0474. The van der Waals surface area contributed by atoms with E-state index in [9.17, 15) is 13.2 Å². The summed E-state index contributed by atoms with van der Waals surface area (Å²) in [5.74, 6) is -0.0474. The summed E-state index contributed by atoms with van der Waals surface area (Å²) in [6.45, 7) is 4.74. The van der Waals surface area contributed by atoms with Gasteiger partial charge >= 0.3 is 0 Å². The van der Waals surface area contributed by atoms with Crippen LogP contribution in [-0.2, 0) is 10.0 Å². The Morgan fingerprint density at radius 2 is 1.50 bits per heavy atom. The molecule has 0 unspecified atom stereocenters. The van der Waals surface area contributed by atoms with Crippen molar-refractivity contribution in [2.24, 2.45) is 0 Å². The number of nitrogens with zero attached hydrogens (tertiary/aromatic N) is 3. The van der Waals surface area contributed by atoms with Gasteiger partial charge < -0.3 is 15.1 Å². The Morgan fingerprint density at radius 3 is 2.26 bits per heavy atom. The molecule has 2 fully saturated rings. The van der Waals surface area contributed by atoms with E-state index in [1.165, 1.54) is 4.31 Å². The summed E-state index contributed by atoms with van der Waals surface area (Å²) in [4.78, 5) is 17.6. The van der Waals surface area contributed by atoms with Crippen LogP contribution in [0.2, 0.25) is 5.02 Å². The Morgan fingerprint density at radius 1 is 0.824 bits per heavy atom. The van der Waals surface area contributed by atoms with E-state index in [2.05, 4.69) is 10.2 Å². The molecule has 178 valence electrons. The number of hydrogen-bond acceptors (Lipinski definition) is 5. The number of sulfonamides is 1. The van der Waals surface area contributed by atoms with E-state index in [0.29, 0.717) is 23.7 Å². The lowest BCUT2D eigenvalue weighted by Crippen LogP contribution is -2.51. The number of para-hydroxylation sites is 1. The third-order valence-corrected chi connectivity index (χ3v) is 8.66. The van der Waals surface area contributed by atoms with Gasteiger partial charge in [-0.2, -0.15) is 4.31 Å². The Hall–Kier alpha value is -2.65. The molecule has 0 saturated carbocycles. The number of piperazine rings is 2. The van der Waals surface area contributed by atoms with Gasteiger partial charge in [0.05, 0.1) is 10.5 Å². The Bertz CT molecular complexity index is 1320. The summed E-state index contributed by atoms with van der Waals surface area (Å²) in [6, 6.07) is 18.2. The average Bonchev–Trinajstić information content (AvgIpc) is 2.88. The molecule has 9 heteroatoms. The highest BCUT2D eigenvalue weighted by molar-refractivity contribution is 7.89. The third-order valence-electron chi connectivity index (χ3n) is 6.53. The van der Waals surface area contributed by atoms with E-state index in [1.807, 2.05) is 36.4 Å². The van der Waals surface area contributed by atoms with Gasteiger partial charge in [-0.1, -0.05) is 35.9 Å². The molecule has 1 N–H and O–H groups in total. The molecule has 2 heterocycles. The largest absolute Gasteiger partial charge is 0.368 e. The van der Waals surface area contributed by atoms with Crippen LogP contribution < -0.4 is 10.2 Å². The summed E-state index contributed by atoms with van der Waals surface area (Å²) >= 11 is 6.04. The van der Waals surface area contributed by atoms with E-state index in [0.717, 1.165) is 42.6 Å². The lowest BCUT2D eigenvalue weighted by molar-refractivity contribution is 0.0698. The van der Waals surface area contributed by atoms with Crippen molar-refractivity contribution in [3.63, 3.8) is 0 Å². The van der Waals surface area contributed by atoms with E-state index in [4.69, 9.17) is 11.6 Å². The fourth-order valence-corrected chi connectivity index (χ4v) is 6.28. The van der Waals surface area contributed by atoms with Gasteiger partial charge in [0.1, 0.15) is 0 Å². The fraction of sp³-hybridized carbons (Fsp3) is 0.320. The summed E-state index contributed by atoms with van der Waals surface area (Å²) in [7, 11) is -3.66. The fourth-order valence-electron chi connectivity index (χ4n) is 4.64. The predicted molar refractivity (Wildman–Crippen MR) is 135 cm³/mol. The molecule has 7 nitrogen and oxygen atoms in total. The molecule has 1 amide bonds. The zero-order valence-electron chi connectivity index (χ0n) is 18.8. The number of fused-ring (bicyclic) bond motifs is 1. The molecule has 2 saturated heterocycles. The molecule has 2 aliphatic heterocycles. The van der Waals surface area contributed by atoms with Gasteiger partial charge in [-0.15, -0.1) is 0 Å². The molecule has 2 aliphatic rings. The van der Waals surface area contributed by atoms with Gasteiger partial charge in [0.2, 0.25) is 10.0 Å². The molecule has 0 spiro atoms. The van der Waals surface area contributed by atoms with Crippen LogP contribution in [0.5, 0.6) is 0 Å². The molecule has 0 aromatic heterocycles. The highest BCUT2D eigenvalue weighted by Crippen LogP contribution is 2.26. The maximum absolute atomic E-state index is 13.4. The van der Waals surface area contributed by atoms with Crippen LogP contribution in [0.4, 0.5) is 5.69 Å². The lowest BCUT2D eigenvalue weighted by atomic mass is 10.1. The van der Waals surface area contributed by atoms with Crippen LogP contribution in [0, 0.1) is 0 Å². The molecular formula is C25H27ClN4O3S. The van der Waals surface area contributed by atoms with Crippen molar-refractivity contribution in [1.82, 2.24) is 14.5 Å². The monoisotopic (exact) mass is 498 g/mol. The van der Waals surface area contributed by atoms with Crippen molar-refractivity contribution in [2.45, 2.75) is 4.90 Å². The number of carbonyl (C=O) groups excluding carboxylic acids is 1. The number of nitrogens with one attached hydrogen (secondary N) is 1. The maximum atomic E-state index is 13.4. The van der Waals surface area contributed by atoms with Crippen molar-refractivity contribution in [2.75, 3.05) is 57.3 Å².